The number of carbonyl (C=O) groups excluding carboxylic acids is 2. The highest BCUT2D eigenvalue weighted by molar-refractivity contribution is 8.14. The SMILES string of the molecule is CC(=O)SC[C@@H](C)C(=O)Sc1ccccc1. The maximum absolute atomic E-state index is 11.8. The van der Waals surface area contributed by atoms with Gasteiger partial charge in [-0.15, -0.1) is 0 Å². The van der Waals surface area contributed by atoms with Crippen LogP contribution in [0.5, 0.6) is 0 Å². The van der Waals surface area contributed by atoms with E-state index in [-0.39, 0.29) is 16.1 Å². The number of rotatable bonds is 4. The second-order valence-corrected chi connectivity index (χ2v) is 5.71. The van der Waals surface area contributed by atoms with Gasteiger partial charge in [-0.1, -0.05) is 48.6 Å². The molecule has 0 aliphatic carbocycles. The van der Waals surface area contributed by atoms with Crippen LogP contribution in [0.4, 0.5) is 0 Å². The summed E-state index contributed by atoms with van der Waals surface area (Å²) < 4.78 is 0. The number of hydrogen-bond acceptors (Lipinski definition) is 4. The molecule has 1 aromatic rings. The average molecular weight is 254 g/mol. The van der Waals surface area contributed by atoms with Crippen molar-refractivity contribution in [1.29, 1.82) is 0 Å². The van der Waals surface area contributed by atoms with Gasteiger partial charge in [0, 0.05) is 23.5 Å². The summed E-state index contributed by atoms with van der Waals surface area (Å²) in [4.78, 5) is 23.5. The van der Waals surface area contributed by atoms with Crippen molar-refractivity contribution in [3.63, 3.8) is 0 Å². The van der Waals surface area contributed by atoms with Crippen LogP contribution in [0.15, 0.2) is 35.2 Å². The Morgan fingerprint density at radius 3 is 2.44 bits per heavy atom. The molecule has 0 spiro atoms. The lowest BCUT2D eigenvalue weighted by Gasteiger charge is -2.07. The summed E-state index contributed by atoms with van der Waals surface area (Å²) in [5.74, 6) is 0.465. The highest BCUT2D eigenvalue weighted by Crippen LogP contribution is 2.23. The third-order valence-corrected chi connectivity index (χ3v) is 4.09. The normalized spacial score (nSPS) is 12.1. The van der Waals surface area contributed by atoms with Crippen LogP contribution in [-0.2, 0) is 9.59 Å². The van der Waals surface area contributed by atoms with Gasteiger partial charge >= 0.3 is 0 Å². The molecular weight excluding hydrogens is 240 g/mol. The molecule has 0 amide bonds. The predicted octanol–water partition coefficient (Wildman–Crippen LogP) is 3.22. The first-order chi connectivity index (χ1) is 7.59. The molecule has 0 aromatic heterocycles. The molecule has 0 bridgehead atoms. The third-order valence-electron chi connectivity index (χ3n) is 1.90. The first kappa shape index (κ1) is 13.3. The van der Waals surface area contributed by atoms with Gasteiger partial charge in [-0.05, 0) is 12.1 Å². The molecule has 0 aliphatic rings. The van der Waals surface area contributed by atoms with Crippen LogP contribution in [0.2, 0.25) is 0 Å². The van der Waals surface area contributed by atoms with Crippen molar-refractivity contribution in [3.05, 3.63) is 30.3 Å². The van der Waals surface area contributed by atoms with Crippen molar-refractivity contribution in [2.24, 2.45) is 5.92 Å². The van der Waals surface area contributed by atoms with Gasteiger partial charge in [0.25, 0.3) is 0 Å². The monoisotopic (exact) mass is 254 g/mol. The van der Waals surface area contributed by atoms with Gasteiger partial charge in [-0.3, -0.25) is 9.59 Å². The first-order valence-electron chi connectivity index (χ1n) is 4.99. The molecule has 0 saturated carbocycles. The molecule has 2 nitrogen and oxygen atoms in total. The summed E-state index contributed by atoms with van der Waals surface area (Å²) >= 11 is 2.45. The van der Waals surface area contributed by atoms with E-state index in [2.05, 4.69) is 0 Å². The zero-order valence-corrected chi connectivity index (χ0v) is 10.9. The Labute approximate surface area is 104 Å². The Morgan fingerprint density at radius 1 is 1.25 bits per heavy atom. The van der Waals surface area contributed by atoms with Gasteiger partial charge < -0.3 is 0 Å². The molecule has 4 heteroatoms. The summed E-state index contributed by atoms with van der Waals surface area (Å²) in [5, 5.41) is 0.171. The minimum absolute atomic E-state index is 0.0596. The van der Waals surface area contributed by atoms with Gasteiger partial charge in [0.1, 0.15) is 0 Å². The summed E-state index contributed by atoms with van der Waals surface area (Å²) in [6.45, 7) is 3.38. The van der Waals surface area contributed by atoms with E-state index < -0.39 is 0 Å². The molecule has 1 aromatic carbocycles. The fourth-order valence-electron chi connectivity index (χ4n) is 1.02. The summed E-state index contributed by atoms with van der Waals surface area (Å²) in [5.41, 5.74) is 0. The number of benzene rings is 1. The van der Waals surface area contributed by atoms with E-state index in [1.54, 1.807) is 0 Å². The fourth-order valence-corrected chi connectivity index (χ4v) is 2.57. The van der Waals surface area contributed by atoms with Crippen LogP contribution < -0.4 is 0 Å². The number of carbonyl (C=O) groups is 2. The Morgan fingerprint density at radius 2 is 1.88 bits per heavy atom. The molecule has 0 fully saturated rings. The van der Waals surface area contributed by atoms with E-state index >= 15 is 0 Å². The molecule has 1 rings (SSSR count). The molecule has 0 radical (unpaired) electrons. The smallest absolute Gasteiger partial charge is 0.197 e. The molecule has 0 N–H and O–H groups in total. The van der Waals surface area contributed by atoms with E-state index in [0.29, 0.717) is 5.75 Å². The highest BCUT2D eigenvalue weighted by atomic mass is 32.2. The van der Waals surface area contributed by atoms with Crippen LogP contribution in [-0.4, -0.2) is 16.0 Å². The van der Waals surface area contributed by atoms with Crippen molar-refractivity contribution in [1.82, 2.24) is 0 Å². The second kappa shape index (κ2) is 6.76. The molecule has 0 aliphatic heterocycles. The highest BCUT2D eigenvalue weighted by Gasteiger charge is 2.15. The quantitative estimate of drug-likeness (QED) is 0.773. The second-order valence-electron chi connectivity index (χ2n) is 3.44. The maximum atomic E-state index is 11.8. The molecule has 1 atom stereocenters. The van der Waals surface area contributed by atoms with Gasteiger partial charge in [0.05, 0.1) is 0 Å². The maximum Gasteiger partial charge on any atom is 0.197 e. The van der Waals surface area contributed by atoms with Gasteiger partial charge in [-0.2, -0.15) is 0 Å². The van der Waals surface area contributed by atoms with Gasteiger partial charge in [0.15, 0.2) is 10.2 Å². The van der Waals surface area contributed by atoms with Crippen LogP contribution in [0.1, 0.15) is 13.8 Å². The Bertz CT molecular complexity index is 363. The molecule has 0 heterocycles. The Kier molecular flexibility index (Phi) is 5.63. The lowest BCUT2D eigenvalue weighted by atomic mass is 10.2. The standard InChI is InChI=1S/C12H14O2S2/c1-9(8-15-10(2)13)12(14)16-11-6-4-3-5-7-11/h3-7,9H,8H2,1-2H3/t9-/m1/s1. The van der Waals surface area contributed by atoms with Crippen molar-refractivity contribution >= 4 is 33.8 Å². The zero-order valence-electron chi connectivity index (χ0n) is 9.30. The zero-order chi connectivity index (χ0) is 12.0. The van der Waals surface area contributed by atoms with Crippen LogP contribution in [0.25, 0.3) is 0 Å². The Hall–Kier alpha value is -0.740. The van der Waals surface area contributed by atoms with Crippen molar-refractivity contribution in [2.75, 3.05) is 5.75 Å². The van der Waals surface area contributed by atoms with Crippen molar-refractivity contribution in [3.8, 4) is 0 Å². The van der Waals surface area contributed by atoms with Gasteiger partial charge in [-0.25, -0.2) is 0 Å². The van der Waals surface area contributed by atoms with E-state index in [1.165, 1.54) is 30.4 Å². The number of hydrogen-bond donors (Lipinski definition) is 0. The largest absolute Gasteiger partial charge is 0.288 e. The van der Waals surface area contributed by atoms with E-state index in [9.17, 15) is 9.59 Å². The summed E-state index contributed by atoms with van der Waals surface area (Å²) in [6.07, 6.45) is 0. The molecule has 16 heavy (non-hydrogen) atoms. The molecule has 86 valence electrons. The van der Waals surface area contributed by atoms with E-state index in [4.69, 9.17) is 0 Å². The number of thioether (sulfide) groups is 2. The topological polar surface area (TPSA) is 34.1 Å². The lowest BCUT2D eigenvalue weighted by molar-refractivity contribution is -0.113. The van der Waals surface area contributed by atoms with Crippen molar-refractivity contribution < 1.29 is 9.59 Å². The minimum Gasteiger partial charge on any atom is -0.288 e. The van der Waals surface area contributed by atoms with Crippen LogP contribution >= 0.6 is 23.5 Å². The molecular formula is C12H14O2S2. The van der Waals surface area contributed by atoms with E-state index in [0.717, 1.165) is 4.90 Å². The molecule has 0 unspecified atom stereocenters. The van der Waals surface area contributed by atoms with Crippen molar-refractivity contribution in [2.45, 2.75) is 18.7 Å². The summed E-state index contributed by atoms with van der Waals surface area (Å²) in [6, 6.07) is 9.56. The first-order valence-corrected chi connectivity index (χ1v) is 6.80. The van der Waals surface area contributed by atoms with Gasteiger partial charge in [0.2, 0.25) is 0 Å². The predicted molar refractivity (Wildman–Crippen MR) is 69.6 cm³/mol. The van der Waals surface area contributed by atoms with E-state index in [1.807, 2.05) is 37.3 Å². The lowest BCUT2D eigenvalue weighted by Crippen LogP contribution is -2.10. The average Bonchev–Trinajstić information content (AvgIpc) is 2.27. The van der Waals surface area contributed by atoms with Crippen LogP contribution in [0, 0.1) is 5.92 Å². The summed E-state index contributed by atoms with van der Waals surface area (Å²) in [7, 11) is 0. The fraction of sp³-hybridized carbons (Fsp3) is 0.333. The molecule has 0 saturated heterocycles. The van der Waals surface area contributed by atoms with Crippen LogP contribution in [0.3, 0.4) is 0 Å². The third kappa shape index (κ3) is 4.86. The Balaban J connectivity index is 2.43. The minimum atomic E-state index is -0.0980.